The Morgan fingerprint density at radius 2 is 2.05 bits per heavy atom. The number of hydrogen-bond acceptors (Lipinski definition) is 3. The standard InChI is InChI=1S/C14H10F2N2O2/c1-3-5-7(4-2)8-10(15)9-12(13(19)11(8)16)17-6-18-14(9)20/h3-6,19H,1-2H2,(H,17,18,20)/b7-5+. The van der Waals surface area contributed by atoms with Crippen LogP contribution in [0.2, 0.25) is 0 Å². The van der Waals surface area contributed by atoms with Gasteiger partial charge in [0.05, 0.1) is 11.9 Å². The van der Waals surface area contributed by atoms with E-state index in [4.69, 9.17) is 0 Å². The van der Waals surface area contributed by atoms with Gasteiger partial charge in [-0.2, -0.15) is 0 Å². The van der Waals surface area contributed by atoms with E-state index in [9.17, 15) is 18.7 Å². The number of aromatic hydroxyl groups is 1. The maximum Gasteiger partial charge on any atom is 0.261 e. The smallest absolute Gasteiger partial charge is 0.261 e. The van der Waals surface area contributed by atoms with Gasteiger partial charge < -0.3 is 10.1 Å². The summed E-state index contributed by atoms with van der Waals surface area (Å²) in [6.45, 7) is 6.86. The molecular weight excluding hydrogens is 266 g/mol. The van der Waals surface area contributed by atoms with Crippen molar-refractivity contribution in [3.63, 3.8) is 0 Å². The number of fused-ring (bicyclic) bond motifs is 1. The van der Waals surface area contributed by atoms with E-state index in [0.29, 0.717) is 0 Å². The molecule has 0 saturated heterocycles. The molecule has 0 bridgehead atoms. The van der Waals surface area contributed by atoms with Crippen molar-refractivity contribution in [2.24, 2.45) is 0 Å². The van der Waals surface area contributed by atoms with Crippen LogP contribution < -0.4 is 5.56 Å². The molecule has 0 aliphatic rings. The highest BCUT2D eigenvalue weighted by atomic mass is 19.1. The van der Waals surface area contributed by atoms with E-state index >= 15 is 0 Å². The average molecular weight is 276 g/mol. The lowest BCUT2D eigenvalue weighted by atomic mass is 10.0. The molecule has 1 heterocycles. The lowest BCUT2D eigenvalue weighted by molar-refractivity contribution is 0.432. The summed E-state index contributed by atoms with van der Waals surface area (Å²) in [5.74, 6) is -3.21. The molecule has 102 valence electrons. The number of hydrogen-bond donors (Lipinski definition) is 2. The van der Waals surface area contributed by atoms with Crippen LogP contribution in [-0.2, 0) is 0 Å². The Balaban J connectivity index is 3.04. The molecule has 0 amide bonds. The van der Waals surface area contributed by atoms with Crippen LogP contribution in [0.5, 0.6) is 5.75 Å². The highest BCUT2D eigenvalue weighted by Crippen LogP contribution is 2.34. The second-order valence-electron chi connectivity index (χ2n) is 3.87. The van der Waals surface area contributed by atoms with Gasteiger partial charge in [-0.05, 0) is 5.57 Å². The number of rotatable bonds is 3. The first-order chi connectivity index (χ1) is 9.52. The molecule has 6 heteroatoms. The summed E-state index contributed by atoms with van der Waals surface area (Å²) < 4.78 is 28.5. The topological polar surface area (TPSA) is 66.0 Å². The minimum Gasteiger partial charge on any atom is -0.503 e. The number of halogens is 2. The van der Waals surface area contributed by atoms with Crippen LogP contribution in [0.3, 0.4) is 0 Å². The van der Waals surface area contributed by atoms with Crippen LogP contribution >= 0.6 is 0 Å². The zero-order chi connectivity index (χ0) is 14.9. The minimum absolute atomic E-state index is 0.0513. The Hall–Kier alpha value is -2.76. The Bertz CT molecular complexity index is 807. The fourth-order valence-electron chi connectivity index (χ4n) is 1.86. The minimum atomic E-state index is -1.21. The summed E-state index contributed by atoms with van der Waals surface area (Å²) in [6.07, 6.45) is 4.77. The Labute approximate surface area is 112 Å². The maximum atomic E-state index is 14.4. The molecule has 1 aromatic heterocycles. The monoisotopic (exact) mass is 276 g/mol. The number of nitrogens with one attached hydrogen (secondary N) is 1. The normalized spacial score (nSPS) is 11.6. The summed E-state index contributed by atoms with van der Waals surface area (Å²) in [4.78, 5) is 17.4. The zero-order valence-electron chi connectivity index (χ0n) is 10.3. The van der Waals surface area contributed by atoms with Gasteiger partial charge in [-0.25, -0.2) is 13.8 Å². The van der Waals surface area contributed by atoms with Crippen molar-refractivity contribution in [1.82, 2.24) is 9.97 Å². The van der Waals surface area contributed by atoms with E-state index in [0.717, 1.165) is 6.33 Å². The Morgan fingerprint density at radius 1 is 1.35 bits per heavy atom. The van der Waals surface area contributed by atoms with Gasteiger partial charge in [-0.3, -0.25) is 4.79 Å². The molecule has 2 N–H and O–H groups in total. The van der Waals surface area contributed by atoms with Crippen LogP contribution in [-0.4, -0.2) is 15.1 Å². The molecule has 0 aliphatic heterocycles. The predicted octanol–water partition coefficient (Wildman–Crippen LogP) is 2.66. The molecule has 0 spiro atoms. The molecule has 0 fully saturated rings. The molecule has 0 radical (unpaired) electrons. The number of aromatic amines is 1. The molecule has 2 aromatic rings. The summed E-state index contributed by atoms with van der Waals surface area (Å²) in [7, 11) is 0. The maximum absolute atomic E-state index is 14.4. The molecule has 2 rings (SSSR count). The van der Waals surface area contributed by atoms with Crippen molar-refractivity contribution in [3.8, 4) is 5.75 Å². The number of benzene rings is 1. The quantitative estimate of drug-likeness (QED) is 0.847. The van der Waals surface area contributed by atoms with E-state index in [2.05, 4.69) is 23.1 Å². The SMILES string of the molecule is C=C/C=C(\C=C)c1c(F)c(O)c2nc[nH]c(=O)c2c1F. The van der Waals surface area contributed by atoms with Gasteiger partial charge in [0.2, 0.25) is 0 Å². The summed E-state index contributed by atoms with van der Waals surface area (Å²) in [6, 6.07) is 0. The lowest BCUT2D eigenvalue weighted by Gasteiger charge is -2.10. The van der Waals surface area contributed by atoms with Crippen molar-refractivity contribution in [2.75, 3.05) is 0 Å². The highest BCUT2D eigenvalue weighted by Gasteiger charge is 2.23. The summed E-state index contributed by atoms with van der Waals surface area (Å²) >= 11 is 0. The predicted molar refractivity (Wildman–Crippen MR) is 72.3 cm³/mol. The first-order valence-electron chi connectivity index (χ1n) is 5.55. The van der Waals surface area contributed by atoms with Crippen LogP contribution in [0.25, 0.3) is 16.5 Å². The first-order valence-corrected chi connectivity index (χ1v) is 5.55. The van der Waals surface area contributed by atoms with Gasteiger partial charge in [-0.1, -0.05) is 31.4 Å². The second kappa shape index (κ2) is 5.08. The molecule has 0 atom stereocenters. The molecule has 4 nitrogen and oxygen atoms in total. The van der Waals surface area contributed by atoms with Gasteiger partial charge in [-0.15, -0.1) is 0 Å². The van der Waals surface area contributed by atoms with Crippen molar-refractivity contribution in [3.05, 3.63) is 65.3 Å². The molecule has 1 aromatic carbocycles. The fourth-order valence-corrected chi connectivity index (χ4v) is 1.86. The largest absolute Gasteiger partial charge is 0.503 e. The van der Waals surface area contributed by atoms with Crippen molar-refractivity contribution in [1.29, 1.82) is 0 Å². The third-order valence-corrected chi connectivity index (χ3v) is 2.75. The first kappa shape index (κ1) is 13.7. The van der Waals surface area contributed by atoms with Gasteiger partial charge in [0.25, 0.3) is 5.56 Å². The van der Waals surface area contributed by atoms with E-state index in [-0.39, 0.29) is 5.57 Å². The van der Waals surface area contributed by atoms with Crippen LogP contribution in [0, 0.1) is 11.6 Å². The van der Waals surface area contributed by atoms with E-state index in [1.54, 1.807) is 0 Å². The highest BCUT2D eigenvalue weighted by molar-refractivity contribution is 5.90. The second-order valence-corrected chi connectivity index (χ2v) is 3.87. The van der Waals surface area contributed by atoms with E-state index < -0.39 is 39.4 Å². The number of aromatic nitrogens is 2. The van der Waals surface area contributed by atoms with Crippen LogP contribution in [0.4, 0.5) is 8.78 Å². The number of H-pyrrole nitrogens is 1. The third kappa shape index (κ3) is 1.91. The molecule has 0 aliphatic carbocycles. The third-order valence-electron chi connectivity index (χ3n) is 2.75. The van der Waals surface area contributed by atoms with E-state index in [1.165, 1.54) is 18.2 Å². The lowest BCUT2D eigenvalue weighted by Crippen LogP contribution is -2.11. The molecule has 0 saturated carbocycles. The fraction of sp³-hybridized carbons (Fsp3) is 0. The van der Waals surface area contributed by atoms with Crippen molar-refractivity contribution >= 4 is 16.5 Å². The number of allylic oxidation sites excluding steroid dienone is 4. The van der Waals surface area contributed by atoms with Gasteiger partial charge >= 0.3 is 0 Å². The van der Waals surface area contributed by atoms with Crippen molar-refractivity contribution in [2.45, 2.75) is 0 Å². The Morgan fingerprint density at radius 3 is 2.65 bits per heavy atom. The van der Waals surface area contributed by atoms with Crippen molar-refractivity contribution < 1.29 is 13.9 Å². The summed E-state index contributed by atoms with van der Waals surface area (Å²) in [5.41, 5.74) is -1.75. The number of nitrogens with zero attached hydrogens (tertiary/aromatic N) is 1. The number of phenols is 1. The van der Waals surface area contributed by atoms with Crippen LogP contribution in [0.1, 0.15) is 5.56 Å². The molecule has 20 heavy (non-hydrogen) atoms. The number of phenolic OH excluding ortho intramolecular Hbond substituents is 1. The molecular formula is C14H10F2N2O2. The summed E-state index contributed by atoms with van der Waals surface area (Å²) in [5, 5.41) is 9.24. The zero-order valence-corrected chi connectivity index (χ0v) is 10.3. The van der Waals surface area contributed by atoms with Crippen LogP contribution in [0.15, 0.2) is 42.5 Å². The van der Waals surface area contributed by atoms with Gasteiger partial charge in [0, 0.05) is 0 Å². The van der Waals surface area contributed by atoms with Gasteiger partial charge in [0.1, 0.15) is 16.7 Å². The van der Waals surface area contributed by atoms with E-state index in [1.807, 2.05) is 0 Å². The Kier molecular flexibility index (Phi) is 3.47. The average Bonchev–Trinajstić information content (AvgIpc) is 2.43. The molecule has 0 unspecified atom stereocenters. The van der Waals surface area contributed by atoms with Gasteiger partial charge in [0.15, 0.2) is 11.6 Å².